The van der Waals surface area contributed by atoms with Crippen molar-refractivity contribution < 1.29 is 9.59 Å². The second kappa shape index (κ2) is 3.52. The number of ketones is 2. The maximum atomic E-state index is 12.0. The molecule has 3 atom stereocenters. The normalized spacial score (nSPS) is 36.8. The number of carbonyl (C=O) groups excluding carboxylic acids is 2. The van der Waals surface area contributed by atoms with Gasteiger partial charge < -0.3 is 5.32 Å². The molecule has 2 heterocycles. The minimum Gasteiger partial charge on any atom is -0.306 e. The number of Topliss-reactive ketones (excluding diaryl/α,β-unsaturated/α-hetero) is 2. The first kappa shape index (κ1) is 9.73. The number of fused-ring (bicyclic) bond motifs is 3. The Hall–Kier alpha value is -1.48. The van der Waals surface area contributed by atoms with Gasteiger partial charge in [0, 0.05) is 24.0 Å². The van der Waals surface area contributed by atoms with Crippen LogP contribution in [0.3, 0.4) is 0 Å². The fourth-order valence-corrected chi connectivity index (χ4v) is 2.55. The fraction of sp³-hybridized carbons (Fsp3) is 0.385. The van der Waals surface area contributed by atoms with Crippen LogP contribution in [-0.2, 0) is 9.59 Å². The Morgan fingerprint density at radius 3 is 2.75 bits per heavy atom. The highest BCUT2D eigenvalue weighted by Crippen LogP contribution is 2.32. The molecule has 0 aromatic rings. The number of hydrogen-bond acceptors (Lipinski definition) is 3. The van der Waals surface area contributed by atoms with Crippen LogP contribution in [0.2, 0.25) is 0 Å². The average molecular weight is 215 g/mol. The minimum absolute atomic E-state index is 0.0797. The number of rotatable bonds is 0. The molecule has 4 aliphatic rings. The number of allylic oxidation sites excluding steroid dienone is 5. The van der Waals surface area contributed by atoms with E-state index in [2.05, 4.69) is 5.32 Å². The topological polar surface area (TPSA) is 46.2 Å². The summed E-state index contributed by atoms with van der Waals surface area (Å²) in [7, 11) is 0. The molecule has 2 aliphatic carbocycles. The van der Waals surface area contributed by atoms with Gasteiger partial charge in [0.1, 0.15) is 0 Å². The number of hydrogen-bond donors (Lipinski definition) is 1. The van der Waals surface area contributed by atoms with Crippen LogP contribution in [0.25, 0.3) is 0 Å². The minimum atomic E-state index is -0.166. The van der Waals surface area contributed by atoms with Gasteiger partial charge in [-0.1, -0.05) is 30.4 Å². The highest BCUT2D eigenvalue weighted by atomic mass is 16.1. The van der Waals surface area contributed by atoms with Gasteiger partial charge in [0.05, 0.1) is 12.5 Å². The zero-order valence-corrected chi connectivity index (χ0v) is 8.85. The zero-order valence-electron chi connectivity index (χ0n) is 8.85. The van der Waals surface area contributed by atoms with Gasteiger partial charge in [0.25, 0.3) is 0 Å². The second-order valence-electron chi connectivity index (χ2n) is 4.52. The molecule has 0 aromatic carbocycles. The first-order valence-electron chi connectivity index (χ1n) is 5.61. The third-order valence-corrected chi connectivity index (χ3v) is 3.48. The smallest absolute Gasteiger partial charge is 0.167 e. The van der Waals surface area contributed by atoms with Crippen molar-refractivity contribution in [2.75, 3.05) is 13.1 Å². The Morgan fingerprint density at radius 1 is 1.06 bits per heavy atom. The lowest BCUT2D eigenvalue weighted by atomic mass is 9.94. The second-order valence-corrected chi connectivity index (χ2v) is 4.52. The van der Waals surface area contributed by atoms with E-state index in [0.717, 1.165) is 5.57 Å². The molecule has 3 unspecified atom stereocenters. The Balaban J connectivity index is 2.07. The van der Waals surface area contributed by atoms with Crippen molar-refractivity contribution in [1.29, 1.82) is 0 Å². The summed E-state index contributed by atoms with van der Waals surface area (Å²) in [6.07, 6.45) is 9.72. The van der Waals surface area contributed by atoms with Crippen molar-refractivity contribution >= 4 is 11.6 Å². The molecular weight excluding hydrogens is 202 g/mol. The molecular formula is C13H13NO2. The van der Waals surface area contributed by atoms with Gasteiger partial charge >= 0.3 is 0 Å². The van der Waals surface area contributed by atoms with E-state index < -0.39 is 0 Å². The monoisotopic (exact) mass is 215 g/mol. The molecule has 0 saturated carbocycles. The molecule has 2 aliphatic heterocycles. The van der Waals surface area contributed by atoms with Crippen LogP contribution < -0.4 is 5.32 Å². The SMILES string of the molecule is O=C1CNCC2=CC3C=CC1C=CC3C2=O. The molecule has 0 aromatic heterocycles. The van der Waals surface area contributed by atoms with Gasteiger partial charge in [0.2, 0.25) is 0 Å². The summed E-state index contributed by atoms with van der Waals surface area (Å²) in [6, 6.07) is 0. The molecule has 0 saturated heterocycles. The van der Waals surface area contributed by atoms with E-state index in [1.807, 2.05) is 30.4 Å². The van der Waals surface area contributed by atoms with Crippen LogP contribution in [0.15, 0.2) is 36.0 Å². The molecule has 3 heteroatoms. The summed E-state index contributed by atoms with van der Waals surface area (Å²) in [5, 5.41) is 3.04. The third-order valence-electron chi connectivity index (χ3n) is 3.48. The Labute approximate surface area is 93.9 Å². The molecule has 3 nitrogen and oxygen atoms in total. The summed E-state index contributed by atoms with van der Waals surface area (Å²) in [6.45, 7) is 0.852. The van der Waals surface area contributed by atoms with Crippen LogP contribution in [0, 0.1) is 17.8 Å². The highest BCUT2D eigenvalue weighted by Gasteiger charge is 2.34. The molecule has 0 spiro atoms. The highest BCUT2D eigenvalue weighted by molar-refractivity contribution is 6.02. The van der Waals surface area contributed by atoms with Crippen LogP contribution in [0.1, 0.15) is 0 Å². The molecule has 0 amide bonds. The van der Waals surface area contributed by atoms with Crippen molar-refractivity contribution in [2.45, 2.75) is 0 Å². The number of nitrogens with one attached hydrogen (secondary N) is 1. The molecule has 0 fully saturated rings. The van der Waals surface area contributed by atoms with Gasteiger partial charge in [-0.05, 0) is 0 Å². The van der Waals surface area contributed by atoms with Crippen LogP contribution in [-0.4, -0.2) is 24.7 Å². The first-order chi connectivity index (χ1) is 7.75. The Morgan fingerprint density at radius 2 is 1.88 bits per heavy atom. The van der Waals surface area contributed by atoms with Gasteiger partial charge in [0.15, 0.2) is 11.6 Å². The maximum absolute atomic E-state index is 12.0. The van der Waals surface area contributed by atoms with E-state index in [1.54, 1.807) is 0 Å². The Kier molecular flexibility index (Phi) is 2.14. The molecule has 4 bridgehead atoms. The zero-order chi connectivity index (χ0) is 11.1. The lowest BCUT2D eigenvalue weighted by Gasteiger charge is -2.11. The summed E-state index contributed by atoms with van der Waals surface area (Å²) >= 11 is 0. The summed E-state index contributed by atoms with van der Waals surface area (Å²) < 4.78 is 0. The van der Waals surface area contributed by atoms with E-state index in [4.69, 9.17) is 0 Å². The van der Waals surface area contributed by atoms with Crippen molar-refractivity contribution in [3.05, 3.63) is 36.0 Å². The summed E-state index contributed by atoms with van der Waals surface area (Å²) in [4.78, 5) is 23.8. The predicted molar refractivity (Wildman–Crippen MR) is 59.7 cm³/mol. The van der Waals surface area contributed by atoms with Gasteiger partial charge in [-0.25, -0.2) is 0 Å². The quantitative estimate of drug-likeness (QED) is 0.603. The molecule has 0 radical (unpaired) electrons. The van der Waals surface area contributed by atoms with Gasteiger partial charge in [-0.15, -0.1) is 0 Å². The van der Waals surface area contributed by atoms with E-state index in [-0.39, 0.29) is 29.3 Å². The average Bonchev–Trinajstić information content (AvgIpc) is 2.49. The Bertz CT molecular complexity index is 445. The van der Waals surface area contributed by atoms with E-state index in [9.17, 15) is 9.59 Å². The van der Waals surface area contributed by atoms with Crippen molar-refractivity contribution in [3.8, 4) is 0 Å². The van der Waals surface area contributed by atoms with E-state index in [1.165, 1.54) is 0 Å². The van der Waals surface area contributed by atoms with E-state index >= 15 is 0 Å². The number of carbonyl (C=O) groups is 2. The molecule has 16 heavy (non-hydrogen) atoms. The van der Waals surface area contributed by atoms with Crippen LogP contribution in [0.5, 0.6) is 0 Å². The molecule has 1 N–H and O–H groups in total. The summed E-state index contributed by atoms with van der Waals surface area (Å²) in [5.74, 6) is 0.275. The van der Waals surface area contributed by atoms with Crippen molar-refractivity contribution in [3.63, 3.8) is 0 Å². The lowest BCUT2D eigenvalue weighted by Crippen LogP contribution is -2.30. The predicted octanol–water partition coefficient (Wildman–Crippen LogP) is 0.642. The molecule has 82 valence electrons. The third kappa shape index (κ3) is 1.39. The maximum Gasteiger partial charge on any atom is 0.167 e. The fourth-order valence-electron chi connectivity index (χ4n) is 2.55. The lowest BCUT2D eigenvalue weighted by molar-refractivity contribution is -0.120. The van der Waals surface area contributed by atoms with Crippen LogP contribution >= 0.6 is 0 Å². The largest absolute Gasteiger partial charge is 0.306 e. The summed E-state index contributed by atoms with van der Waals surface area (Å²) in [5.41, 5.74) is 0.817. The van der Waals surface area contributed by atoms with Gasteiger partial charge in [-0.3, -0.25) is 9.59 Å². The van der Waals surface area contributed by atoms with Gasteiger partial charge in [-0.2, -0.15) is 0 Å². The van der Waals surface area contributed by atoms with E-state index in [0.29, 0.717) is 13.1 Å². The standard InChI is InChI=1S/C13H13NO2/c15-12-7-14-6-10-5-9-2-1-8(12)3-4-11(9)13(10)16/h1-5,8-9,11,14H,6-7H2. The van der Waals surface area contributed by atoms with Crippen LogP contribution in [0.4, 0.5) is 0 Å². The van der Waals surface area contributed by atoms with Crippen molar-refractivity contribution in [1.82, 2.24) is 5.32 Å². The molecule has 4 rings (SSSR count). The first-order valence-corrected chi connectivity index (χ1v) is 5.61. The van der Waals surface area contributed by atoms with Crippen molar-refractivity contribution in [2.24, 2.45) is 17.8 Å².